The van der Waals surface area contributed by atoms with Crippen molar-refractivity contribution in [2.45, 2.75) is 51.6 Å². The molecule has 0 radical (unpaired) electrons. The number of benzene rings is 1. The van der Waals surface area contributed by atoms with Gasteiger partial charge in [-0.2, -0.15) is 0 Å². The van der Waals surface area contributed by atoms with E-state index in [4.69, 9.17) is 9.72 Å². The van der Waals surface area contributed by atoms with Crippen molar-refractivity contribution in [1.29, 1.82) is 0 Å². The van der Waals surface area contributed by atoms with Gasteiger partial charge in [0.1, 0.15) is 5.82 Å². The maximum Gasteiger partial charge on any atom is 0.409 e. The summed E-state index contributed by atoms with van der Waals surface area (Å²) in [6.07, 6.45) is 4.52. The number of imidazole rings is 1. The number of carbonyl (C=O) groups excluding carboxylic acids is 2. The molecule has 2 amide bonds. The van der Waals surface area contributed by atoms with E-state index in [0.29, 0.717) is 19.7 Å². The number of H-pyrrole nitrogens is 1. The summed E-state index contributed by atoms with van der Waals surface area (Å²) in [5, 5.41) is 3.26. The van der Waals surface area contributed by atoms with E-state index < -0.39 is 0 Å². The van der Waals surface area contributed by atoms with Crippen molar-refractivity contribution in [1.82, 2.24) is 25.1 Å². The smallest absolute Gasteiger partial charge is 0.409 e. The number of aromatic amines is 1. The summed E-state index contributed by atoms with van der Waals surface area (Å²) in [5.41, 5.74) is 2.30. The van der Waals surface area contributed by atoms with E-state index in [0.717, 1.165) is 68.6 Å². The van der Waals surface area contributed by atoms with Gasteiger partial charge in [0.15, 0.2) is 0 Å². The van der Waals surface area contributed by atoms with Gasteiger partial charge in [-0.15, -0.1) is 0 Å². The lowest BCUT2D eigenvalue weighted by atomic mass is 9.90. The molecule has 2 aliphatic heterocycles. The maximum atomic E-state index is 12.9. The number of rotatable bonds is 5. The summed E-state index contributed by atoms with van der Waals surface area (Å²) in [4.78, 5) is 37.0. The van der Waals surface area contributed by atoms with Gasteiger partial charge in [0.05, 0.1) is 24.2 Å². The van der Waals surface area contributed by atoms with Crippen molar-refractivity contribution in [2.24, 2.45) is 11.3 Å². The zero-order valence-corrected chi connectivity index (χ0v) is 18.8. The molecule has 2 aromatic rings. The predicted molar refractivity (Wildman–Crippen MR) is 121 cm³/mol. The molecule has 1 aromatic heterocycles. The Morgan fingerprint density at radius 1 is 1.19 bits per heavy atom. The number of nitrogens with zero attached hydrogens (tertiary/aromatic N) is 3. The second kappa shape index (κ2) is 8.73. The molecule has 3 aliphatic rings. The van der Waals surface area contributed by atoms with E-state index in [1.807, 2.05) is 25.1 Å². The summed E-state index contributed by atoms with van der Waals surface area (Å²) in [6.45, 7) is 6.37. The van der Waals surface area contributed by atoms with E-state index in [9.17, 15) is 9.59 Å². The average molecular weight is 440 g/mol. The monoisotopic (exact) mass is 439 g/mol. The summed E-state index contributed by atoms with van der Waals surface area (Å²) < 4.78 is 5.07. The first-order chi connectivity index (χ1) is 15.6. The number of amides is 2. The van der Waals surface area contributed by atoms with Crippen molar-refractivity contribution in [3.63, 3.8) is 0 Å². The molecule has 0 unspecified atom stereocenters. The minimum absolute atomic E-state index is 0.152. The van der Waals surface area contributed by atoms with Crippen molar-refractivity contribution in [3.05, 3.63) is 30.1 Å². The highest BCUT2D eigenvalue weighted by molar-refractivity contribution is 5.83. The van der Waals surface area contributed by atoms with Crippen LogP contribution in [0.5, 0.6) is 0 Å². The molecule has 32 heavy (non-hydrogen) atoms. The first kappa shape index (κ1) is 21.2. The van der Waals surface area contributed by atoms with Gasteiger partial charge in [0.25, 0.3) is 0 Å². The molecule has 1 atom stereocenters. The molecule has 1 spiro atoms. The van der Waals surface area contributed by atoms with E-state index in [-0.39, 0.29) is 29.4 Å². The second-order valence-corrected chi connectivity index (χ2v) is 9.56. The van der Waals surface area contributed by atoms with Crippen molar-refractivity contribution in [3.8, 4) is 0 Å². The zero-order valence-electron chi connectivity index (χ0n) is 18.8. The van der Waals surface area contributed by atoms with E-state index in [2.05, 4.69) is 21.3 Å². The van der Waals surface area contributed by atoms with Gasteiger partial charge in [-0.3, -0.25) is 9.69 Å². The van der Waals surface area contributed by atoms with Gasteiger partial charge in [0, 0.05) is 25.0 Å². The number of fused-ring (bicyclic) bond motifs is 1. The number of hydrogen-bond donors (Lipinski definition) is 2. The lowest BCUT2D eigenvalue weighted by Gasteiger charge is -2.33. The Hall–Kier alpha value is -2.61. The minimum Gasteiger partial charge on any atom is -0.450 e. The summed E-state index contributed by atoms with van der Waals surface area (Å²) in [7, 11) is 0. The highest BCUT2D eigenvalue weighted by Crippen LogP contribution is 2.59. The summed E-state index contributed by atoms with van der Waals surface area (Å²) >= 11 is 0. The molecular weight excluding hydrogens is 406 g/mol. The molecule has 8 heteroatoms. The van der Waals surface area contributed by atoms with Crippen LogP contribution in [0.2, 0.25) is 0 Å². The van der Waals surface area contributed by atoms with Crippen molar-refractivity contribution >= 4 is 23.0 Å². The number of likely N-dealkylation sites (tertiary alicyclic amines) is 2. The molecule has 2 N–H and O–H groups in total. The van der Waals surface area contributed by atoms with Gasteiger partial charge in [0.2, 0.25) is 5.91 Å². The van der Waals surface area contributed by atoms with Crippen LogP contribution >= 0.6 is 0 Å². The zero-order chi connectivity index (χ0) is 22.1. The Bertz CT molecular complexity index is 940. The third-order valence-electron chi connectivity index (χ3n) is 7.54. The van der Waals surface area contributed by atoms with Crippen molar-refractivity contribution in [2.75, 3.05) is 32.8 Å². The number of aromatic nitrogens is 2. The highest BCUT2D eigenvalue weighted by Gasteiger charge is 2.58. The van der Waals surface area contributed by atoms with Crippen LogP contribution in [0.1, 0.15) is 44.9 Å². The van der Waals surface area contributed by atoms with Crippen LogP contribution in [-0.2, 0) is 16.1 Å². The van der Waals surface area contributed by atoms with Gasteiger partial charge >= 0.3 is 6.09 Å². The lowest BCUT2D eigenvalue weighted by Crippen LogP contribution is -2.47. The van der Waals surface area contributed by atoms with Gasteiger partial charge in [-0.05, 0) is 69.7 Å². The third kappa shape index (κ3) is 4.33. The molecule has 5 rings (SSSR count). The fraction of sp³-hybridized carbons (Fsp3) is 0.625. The number of para-hydroxylation sites is 2. The van der Waals surface area contributed by atoms with E-state index in [1.54, 1.807) is 4.90 Å². The first-order valence-electron chi connectivity index (χ1n) is 11.9. The predicted octanol–water partition coefficient (Wildman–Crippen LogP) is 2.90. The molecule has 1 aromatic carbocycles. The summed E-state index contributed by atoms with van der Waals surface area (Å²) in [5.74, 6) is 1.38. The van der Waals surface area contributed by atoms with Crippen LogP contribution < -0.4 is 5.32 Å². The number of hydrogen-bond acceptors (Lipinski definition) is 5. The Balaban J connectivity index is 1.06. The molecule has 3 heterocycles. The van der Waals surface area contributed by atoms with Crippen LogP contribution in [0.25, 0.3) is 11.0 Å². The molecule has 0 bridgehead atoms. The Kier molecular flexibility index (Phi) is 5.80. The number of carbonyl (C=O) groups is 2. The van der Waals surface area contributed by atoms with Gasteiger partial charge in [-0.1, -0.05) is 12.1 Å². The molecular formula is C24H33N5O3. The molecule has 8 nitrogen and oxygen atoms in total. The van der Waals surface area contributed by atoms with Crippen LogP contribution in [0, 0.1) is 11.3 Å². The minimum atomic E-state index is -0.243. The fourth-order valence-electron chi connectivity index (χ4n) is 5.44. The summed E-state index contributed by atoms with van der Waals surface area (Å²) in [6, 6.07) is 8.30. The highest BCUT2D eigenvalue weighted by atomic mass is 16.6. The molecule has 1 saturated carbocycles. The fourth-order valence-corrected chi connectivity index (χ4v) is 5.44. The number of piperidine rings is 2. The molecule has 2 saturated heterocycles. The second-order valence-electron chi connectivity index (χ2n) is 9.56. The molecule has 3 fully saturated rings. The largest absolute Gasteiger partial charge is 0.450 e. The van der Waals surface area contributed by atoms with E-state index >= 15 is 0 Å². The normalized spacial score (nSPS) is 23.4. The van der Waals surface area contributed by atoms with Crippen molar-refractivity contribution < 1.29 is 14.3 Å². The van der Waals surface area contributed by atoms with Gasteiger partial charge < -0.3 is 19.9 Å². The Morgan fingerprint density at radius 2 is 1.94 bits per heavy atom. The standard InChI is InChI=1S/C24H33N5O3/c1-2-32-23(31)29-11-7-17(8-12-29)25-22(30)18-15-24(18)9-13-28(14-10-24)16-21-26-19-5-3-4-6-20(19)27-21/h3-6,17-18H,2,7-16H2,1H3,(H,25,30)(H,26,27)/t18-/m0/s1. The topological polar surface area (TPSA) is 90.6 Å². The first-order valence-corrected chi connectivity index (χ1v) is 11.9. The lowest BCUT2D eigenvalue weighted by molar-refractivity contribution is -0.124. The van der Waals surface area contributed by atoms with Crippen LogP contribution in [0.4, 0.5) is 4.79 Å². The maximum absolute atomic E-state index is 12.9. The number of nitrogens with one attached hydrogen (secondary N) is 2. The van der Waals surface area contributed by atoms with Crippen LogP contribution in [0.3, 0.4) is 0 Å². The third-order valence-corrected chi connectivity index (χ3v) is 7.54. The van der Waals surface area contributed by atoms with E-state index in [1.165, 1.54) is 0 Å². The molecule has 172 valence electrons. The SMILES string of the molecule is CCOC(=O)N1CCC(NC(=O)[C@@H]2CC23CCN(Cc2nc4ccccc4[nH]2)CC3)CC1. The molecule has 1 aliphatic carbocycles. The van der Waals surface area contributed by atoms with Gasteiger partial charge in [-0.25, -0.2) is 9.78 Å². The average Bonchev–Trinajstić information content (AvgIpc) is 3.35. The Labute approximate surface area is 188 Å². The van der Waals surface area contributed by atoms with Crippen LogP contribution in [-0.4, -0.2) is 70.6 Å². The number of ether oxygens (including phenoxy) is 1. The Morgan fingerprint density at radius 3 is 2.66 bits per heavy atom. The van der Waals surface area contributed by atoms with Crippen LogP contribution in [0.15, 0.2) is 24.3 Å². The quantitative estimate of drug-likeness (QED) is 0.748.